The number of aliphatic imine (C=N–C) groups is 1. The Morgan fingerprint density at radius 2 is 1.50 bits per heavy atom. The zero-order valence-corrected chi connectivity index (χ0v) is 14.3. The van der Waals surface area contributed by atoms with Crippen LogP contribution in [-0.2, 0) is 17.6 Å². The molecule has 0 radical (unpaired) electrons. The SMILES string of the molecule is NC(N)=Nc1ccc(C(=O)NCCc2ccc(CCC(=O)O)cc2)cc1. The first-order chi connectivity index (χ1) is 12.4. The summed E-state index contributed by atoms with van der Waals surface area (Å²) in [6.07, 6.45) is 1.33. The van der Waals surface area contributed by atoms with Crippen molar-refractivity contribution in [1.82, 2.24) is 5.32 Å². The minimum atomic E-state index is -0.803. The number of nitrogens with zero attached hydrogens (tertiary/aromatic N) is 1. The van der Waals surface area contributed by atoms with Crippen molar-refractivity contribution in [3.05, 3.63) is 65.2 Å². The van der Waals surface area contributed by atoms with E-state index in [9.17, 15) is 9.59 Å². The highest BCUT2D eigenvalue weighted by Crippen LogP contribution is 2.12. The van der Waals surface area contributed by atoms with Crippen LogP contribution in [0.25, 0.3) is 0 Å². The summed E-state index contributed by atoms with van der Waals surface area (Å²) in [5.41, 5.74) is 13.8. The molecule has 6 N–H and O–H groups in total. The predicted molar refractivity (Wildman–Crippen MR) is 100 cm³/mol. The first kappa shape index (κ1) is 19.0. The Kier molecular flexibility index (Phi) is 6.73. The Bertz CT molecular complexity index is 779. The Morgan fingerprint density at radius 3 is 2.04 bits per heavy atom. The van der Waals surface area contributed by atoms with Gasteiger partial charge in [-0.2, -0.15) is 0 Å². The molecule has 0 spiro atoms. The molecule has 0 saturated heterocycles. The molecule has 1 amide bonds. The van der Waals surface area contributed by atoms with Crippen LogP contribution >= 0.6 is 0 Å². The van der Waals surface area contributed by atoms with Crippen molar-refractivity contribution in [2.75, 3.05) is 6.54 Å². The van der Waals surface area contributed by atoms with E-state index in [1.54, 1.807) is 24.3 Å². The number of carbonyl (C=O) groups excluding carboxylic acids is 1. The zero-order chi connectivity index (χ0) is 18.9. The van der Waals surface area contributed by atoms with E-state index in [2.05, 4.69) is 10.3 Å². The number of aliphatic carboxylic acids is 1. The Balaban J connectivity index is 1.80. The Labute approximate surface area is 151 Å². The summed E-state index contributed by atoms with van der Waals surface area (Å²) >= 11 is 0. The molecule has 0 aliphatic rings. The average molecular weight is 354 g/mol. The van der Waals surface area contributed by atoms with E-state index in [1.807, 2.05) is 24.3 Å². The number of hydrogen-bond acceptors (Lipinski definition) is 3. The third kappa shape index (κ3) is 6.27. The molecule has 136 valence electrons. The second-order valence-corrected chi connectivity index (χ2v) is 5.80. The molecule has 0 aliphatic carbocycles. The molecular formula is C19H22N4O3. The molecule has 0 unspecified atom stereocenters. The Hall–Kier alpha value is -3.35. The minimum Gasteiger partial charge on any atom is -0.481 e. The van der Waals surface area contributed by atoms with Gasteiger partial charge < -0.3 is 21.9 Å². The van der Waals surface area contributed by atoms with Gasteiger partial charge in [-0.15, -0.1) is 0 Å². The number of guanidine groups is 1. The number of rotatable bonds is 8. The summed E-state index contributed by atoms with van der Waals surface area (Å²) in [7, 11) is 0. The summed E-state index contributed by atoms with van der Waals surface area (Å²) in [5.74, 6) is -1.00. The number of carbonyl (C=O) groups is 2. The normalized spacial score (nSPS) is 10.2. The van der Waals surface area contributed by atoms with E-state index in [0.29, 0.717) is 30.6 Å². The van der Waals surface area contributed by atoms with Gasteiger partial charge in [0.2, 0.25) is 0 Å². The van der Waals surface area contributed by atoms with Gasteiger partial charge in [0.05, 0.1) is 5.69 Å². The number of benzene rings is 2. The van der Waals surface area contributed by atoms with E-state index in [-0.39, 0.29) is 18.3 Å². The number of nitrogens with two attached hydrogens (primary N) is 2. The van der Waals surface area contributed by atoms with Crippen molar-refractivity contribution in [3.63, 3.8) is 0 Å². The minimum absolute atomic E-state index is 0.0313. The number of nitrogens with one attached hydrogen (secondary N) is 1. The molecule has 0 fully saturated rings. The van der Waals surface area contributed by atoms with E-state index in [4.69, 9.17) is 16.6 Å². The van der Waals surface area contributed by atoms with Crippen molar-refractivity contribution in [2.24, 2.45) is 16.5 Å². The molecule has 2 rings (SSSR count). The van der Waals surface area contributed by atoms with Gasteiger partial charge >= 0.3 is 5.97 Å². The second-order valence-electron chi connectivity index (χ2n) is 5.80. The molecule has 0 saturated carbocycles. The van der Waals surface area contributed by atoms with Crippen molar-refractivity contribution in [2.45, 2.75) is 19.3 Å². The van der Waals surface area contributed by atoms with Crippen LogP contribution in [0, 0.1) is 0 Å². The van der Waals surface area contributed by atoms with Crippen LogP contribution in [-0.4, -0.2) is 29.5 Å². The molecule has 0 heterocycles. The van der Waals surface area contributed by atoms with Gasteiger partial charge in [-0.25, -0.2) is 4.99 Å². The smallest absolute Gasteiger partial charge is 0.303 e. The summed E-state index contributed by atoms with van der Waals surface area (Å²) < 4.78 is 0. The second kappa shape index (κ2) is 9.22. The lowest BCUT2D eigenvalue weighted by Crippen LogP contribution is -2.25. The molecular weight excluding hydrogens is 332 g/mol. The fraction of sp³-hybridized carbons (Fsp3) is 0.211. The van der Waals surface area contributed by atoms with Crippen LogP contribution in [0.5, 0.6) is 0 Å². The van der Waals surface area contributed by atoms with Crippen LogP contribution in [0.1, 0.15) is 27.9 Å². The maximum Gasteiger partial charge on any atom is 0.303 e. The van der Waals surface area contributed by atoms with Crippen LogP contribution < -0.4 is 16.8 Å². The van der Waals surface area contributed by atoms with E-state index >= 15 is 0 Å². The van der Waals surface area contributed by atoms with Gasteiger partial charge in [-0.1, -0.05) is 24.3 Å². The Morgan fingerprint density at radius 1 is 0.923 bits per heavy atom. The maximum absolute atomic E-state index is 12.1. The van der Waals surface area contributed by atoms with Crippen molar-refractivity contribution in [1.29, 1.82) is 0 Å². The highest BCUT2D eigenvalue weighted by Gasteiger charge is 2.05. The lowest BCUT2D eigenvalue weighted by atomic mass is 10.1. The van der Waals surface area contributed by atoms with Crippen LogP contribution in [0.15, 0.2) is 53.5 Å². The van der Waals surface area contributed by atoms with Crippen molar-refractivity contribution in [3.8, 4) is 0 Å². The number of carboxylic acid groups (broad SMARTS) is 1. The topological polar surface area (TPSA) is 131 Å². The predicted octanol–water partition coefficient (Wildman–Crippen LogP) is 1.58. The molecule has 0 bridgehead atoms. The van der Waals surface area contributed by atoms with E-state index in [0.717, 1.165) is 11.1 Å². The fourth-order valence-electron chi connectivity index (χ4n) is 2.38. The highest BCUT2D eigenvalue weighted by atomic mass is 16.4. The lowest BCUT2D eigenvalue weighted by molar-refractivity contribution is -0.136. The first-order valence-corrected chi connectivity index (χ1v) is 8.21. The fourth-order valence-corrected chi connectivity index (χ4v) is 2.38. The summed E-state index contributed by atoms with van der Waals surface area (Å²) in [4.78, 5) is 26.6. The van der Waals surface area contributed by atoms with Crippen LogP contribution in [0.2, 0.25) is 0 Å². The third-order valence-electron chi connectivity index (χ3n) is 3.74. The first-order valence-electron chi connectivity index (χ1n) is 8.21. The number of hydrogen-bond donors (Lipinski definition) is 4. The molecule has 7 nitrogen and oxygen atoms in total. The van der Waals surface area contributed by atoms with Gasteiger partial charge in [0.15, 0.2) is 5.96 Å². The standard InChI is InChI=1S/C19H22N4O3/c20-19(21)23-16-8-6-15(7-9-16)18(26)22-12-11-14-3-1-13(2-4-14)5-10-17(24)25/h1-4,6-9H,5,10-12H2,(H,22,26)(H,24,25)(H4,20,21,23). The molecule has 7 heteroatoms. The maximum atomic E-state index is 12.1. The molecule has 0 atom stereocenters. The van der Waals surface area contributed by atoms with Gasteiger partial charge in [0.1, 0.15) is 0 Å². The number of carboxylic acids is 1. The van der Waals surface area contributed by atoms with Gasteiger partial charge in [-0.3, -0.25) is 9.59 Å². The van der Waals surface area contributed by atoms with Crippen molar-refractivity contribution < 1.29 is 14.7 Å². The van der Waals surface area contributed by atoms with Gasteiger partial charge in [-0.05, 0) is 48.2 Å². The monoisotopic (exact) mass is 354 g/mol. The summed E-state index contributed by atoms with van der Waals surface area (Å²) in [6.45, 7) is 0.503. The molecule has 26 heavy (non-hydrogen) atoms. The highest BCUT2D eigenvalue weighted by molar-refractivity contribution is 5.94. The third-order valence-corrected chi connectivity index (χ3v) is 3.74. The van der Waals surface area contributed by atoms with Crippen molar-refractivity contribution >= 4 is 23.5 Å². The summed E-state index contributed by atoms with van der Waals surface area (Å²) in [5, 5.41) is 11.5. The van der Waals surface area contributed by atoms with E-state index < -0.39 is 5.97 Å². The van der Waals surface area contributed by atoms with E-state index in [1.165, 1.54) is 0 Å². The zero-order valence-electron chi connectivity index (χ0n) is 14.3. The average Bonchev–Trinajstić information content (AvgIpc) is 2.61. The van der Waals surface area contributed by atoms with Gasteiger partial charge in [0, 0.05) is 18.5 Å². The van der Waals surface area contributed by atoms with Crippen LogP contribution in [0.3, 0.4) is 0 Å². The molecule has 2 aromatic carbocycles. The largest absolute Gasteiger partial charge is 0.481 e. The molecule has 0 aromatic heterocycles. The quantitative estimate of drug-likeness (QED) is 0.422. The molecule has 2 aromatic rings. The number of amides is 1. The number of aryl methyl sites for hydroxylation is 1. The van der Waals surface area contributed by atoms with Gasteiger partial charge in [0.25, 0.3) is 5.91 Å². The van der Waals surface area contributed by atoms with Crippen LogP contribution in [0.4, 0.5) is 5.69 Å². The molecule has 0 aliphatic heterocycles. The lowest BCUT2D eigenvalue weighted by Gasteiger charge is -2.07. The summed E-state index contributed by atoms with van der Waals surface area (Å²) in [6, 6.07) is 14.4.